The van der Waals surface area contributed by atoms with Gasteiger partial charge in [0.15, 0.2) is 5.96 Å². The molecule has 1 aliphatic heterocycles. The second-order valence-electron chi connectivity index (χ2n) is 6.62. The van der Waals surface area contributed by atoms with E-state index in [1.807, 2.05) is 0 Å². The van der Waals surface area contributed by atoms with Crippen molar-refractivity contribution in [2.24, 2.45) is 10.9 Å². The monoisotopic (exact) mass is 430 g/mol. The smallest absolute Gasteiger partial charge is 0.195 e. The van der Waals surface area contributed by atoms with Gasteiger partial charge in [0.2, 0.25) is 0 Å². The van der Waals surface area contributed by atoms with E-state index in [4.69, 9.17) is 4.99 Å². The van der Waals surface area contributed by atoms with E-state index in [1.54, 1.807) is 0 Å². The highest BCUT2D eigenvalue weighted by Crippen LogP contribution is 2.17. The summed E-state index contributed by atoms with van der Waals surface area (Å²) in [7, 11) is 8.22. The van der Waals surface area contributed by atoms with Crippen molar-refractivity contribution in [3.05, 3.63) is 35.9 Å². The van der Waals surface area contributed by atoms with E-state index in [-0.39, 0.29) is 24.0 Å². The zero-order valence-corrected chi connectivity index (χ0v) is 17.2. The molecule has 1 saturated heterocycles. The van der Waals surface area contributed by atoms with Crippen LogP contribution in [0.4, 0.5) is 0 Å². The number of guanidine groups is 1. The number of hydrogen-bond donors (Lipinski definition) is 0. The van der Waals surface area contributed by atoms with Gasteiger partial charge in [0.25, 0.3) is 0 Å². The maximum absolute atomic E-state index is 4.80. The van der Waals surface area contributed by atoms with E-state index in [0.29, 0.717) is 5.92 Å². The number of likely N-dealkylation sites (tertiary alicyclic amines) is 1. The Kier molecular flexibility index (Phi) is 8.91. The van der Waals surface area contributed by atoms with Crippen molar-refractivity contribution in [1.82, 2.24) is 14.7 Å². The molecule has 4 nitrogen and oxygen atoms in total. The van der Waals surface area contributed by atoms with E-state index in [1.165, 1.54) is 31.6 Å². The van der Waals surface area contributed by atoms with Gasteiger partial charge in [-0.25, -0.2) is 0 Å². The number of aliphatic imine (C=N–C) groups is 1. The fourth-order valence-electron chi connectivity index (χ4n) is 3.09. The maximum Gasteiger partial charge on any atom is 0.195 e. The number of rotatable bonds is 5. The Bertz CT molecular complexity index is 463. The molecule has 0 bridgehead atoms. The number of hydrogen-bond acceptors (Lipinski definition) is 2. The minimum Gasteiger partial charge on any atom is -0.349 e. The second kappa shape index (κ2) is 10.1. The Labute approximate surface area is 158 Å². The summed E-state index contributed by atoms with van der Waals surface area (Å²) in [6.07, 6.45) is 2.42. The van der Waals surface area contributed by atoms with Crippen LogP contribution in [-0.4, -0.2) is 75.0 Å². The van der Waals surface area contributed by atoms with Crippen molar-refractivity contribution < 1.29 is 0 Å². The van der Waals surface area contributed by atoms with Crippen LogP contribution in [0.25, 0.3) is 0 Å². The lowest BCUT2D eigenvalue weighted by molar-refractivity contribution is 0.329. The Morgan fingerprint density at radius 1 is 1.13 bits per heavy atom. The van der Waals surface area contributed by atoms with Crippen LogP contribution in [0.3, 0.4) is 0 Å². The van der Waals surface area contributed by atoms with Crippen LogP contribution in [0.2, 0.25) is 0 Å². The molecule has 1 aromatic rings. The van der Waals surface area contributed by atoms with Gasteiger partial charge in [0.05, 0.1) is 0 Å². The first-order valence-electron chi connectivity index (χ1n) is 8.21. The molecule has 0 saturated carbocycles. The van der Waals surface area contributed by atoms with Crippen molar-refractivity contribution in [1.29, 1.82) is 0 Å². The first-order chi connectivity index (χ1) is 10.6. The average molecular weight is 430 g/mol. The molecule has 1 fully saturated rings. The van der Waals surface area contributed by atoms with Crippen LogP contribution in [-0.2, 0) is 6.42 Å². The molecule has 1 atom stereocenters. The van der Waals surface area contributed by atoms with Gasteiger partial charge in [0.1, 0.15) is 0 Å². The fraction of sp³-hybridized carbons (Fsp3) is 0.611. The van der Waals surface area contributed by atoms with E-state index < -0.39 is 0 Å². The zero-order valence-electron chi connectivity index (χ0n) is 14.9. The van der Waals surface area contributed by atoms with Crippen LogP contribution in [0, 0.1) is 5.92 Å². The van der Waals surface area contributed by atoms with Gasteiger partial charge in [-0.15, -0.1) is 24.0 Å². The van der Waals surface area contributed by atoms with Crippen molar-refractivity contribution in [2.45, 2.75) is 12.8 Å². The van der Waals surface area contributed by atoms with Crippen LogP contribution < -0.4 is 0 Å². The molecule has 0 N–H and O–H groups in total. The Hall–Kier alpha value is -0.820. The molecule has 0 aromatic heterocycles. The quantitative estimate of drug-likeness (QED) is 0.408. The Morgan fingerprint density at radius 2 is 1.78 bits per heavy atom. The van der Waals surface area contributed by atoms with Gasteiger partial charge in [-0.2, -0.15) is 0 Å². The lowest BCUT2D eigenvalue weighted by Crippen LogP contribution is -2.36. The third-order valence-corrected chi connectivity index (χ3v) is 4.22. The standard InChI is InChI=1S/C18H30N4.HI/c1-20(2)18(21(3)4)19-14-17-11-13-22(15-17)12-10-16-8-6-5-7-9-16;/h5-9,17H,10-15H2,1-4H3;1H. The molecule has 0 radical (unpaired) electrons. The van der Waals surface area contributed by atoms with Gasteiger partial charge >= 0.3 is 0 Å². The highest BCUT2D eigenvalue weighted by atomic mass is 127. The SMILES string of the molecule is CN(C)C(=NCC1CCN(CCc2ccccc2)C1)N(C)C.I. The number of benzene rings is 1. The lowest BCUT2D eigenvalue weighted by atomic mass is 10.1. The summed E-state index contributed by atoms with van der Waals surface area (Å²) in [5.74, 6) is 1.76. The number of halogens is 1. The topological polar surface area (TPSA) is 22.1 Å². The molecular formula is C18H31IN4. The van der Waals surface area contributed by atoms with Crippen LogP contribution in [0.15, 0.2) is 35.3 Å². The molecule has 0 spiro atoms. The van der Waals surface area contributed by atoms with E-state index in [2.05, 4.69) is 73.2 Å². The summed E-state index contributed by atoms with van der Waals surface area (Å²) in [6.45, 7) is 4.50. The molecule has 1 heterocycles. The summed E-state index contributed by atoms with van der Waals surface area (Å²) in [5, 5.41) is 0. The predicted molar refractivity (Wildman–Crippen MR) is 110 cm³/mol. The van der Waals surface area contributed by atoms with Crippen LogP contribution in [0.1, 0.15) is 12.0 Å². The minimum atomic E-state index is 0. The first kappa shape index (κ1) is 20.2. The second-order valence-corrected chi connectivity index (χ2v) is 6.62. The average Bonchev–Trinajstić information content (AvgIpc) is 2.93. The fourth-order valence-corrected chi connectivity index (χ4v) is 3.09. The third-order valence-electron chi connectivity index (χ3n) is 4.22. The number of nitrogens with zero attached hydrogens (tertiary/aromatic N) is 4. The zero-order chi connectivity index (χ0) is 15.9. The molecule has 0 aliphatic carbocycles. The highest BCUT2D eigenvalue weighted by molar-refractivity contribution is 14.0. The van der Waals surface area contributed by atoms with Gasteiger partial charge in [-0.05, 0) is 30.9 Å². The summed E-state index contributed by atoms with van der Waals surface area (Å²) in [5.41, 5.74) is 1.44. The predicted octanol–water partition coefficient (Wildman–Crippen LogP) is 2.65. The maximum atomic E-state index is 4.80. The van der Waals surface area contributed by atoms with Gasteiger partial charge in [-0.3, -0.25) is 4.99 Å². The van der Waals surface area contributed by atoms with E-state index in [9.17, 15) is 0 Å². The van der Waals surface area contributed by atoms with E-state index >= 15 is 0 Å². The molecule has 23 heavy (non-hydrogen) atoms. The molecule has 1 unspecified atom stereocenters. The summed E-state index contributed by atoms with van der Waals surface area (Å²) >= 11 is 0. The van der Waals surface area contributed by atoms with Gasteiger partial charge in [-0.1, -0.05) is 30.3 Å². The largest absolute Gasteiger partial charge is 0.349 e. The lowest BCUT2D eigenvalue weighted by Gasteiger charge is -2.23. The molecule has 2 rings (SSSR count). The van der Waals surface area contributed by atoms with Gasteiger partial charge < -0.3 is 14.7 Å². The molecule has 130 valence electrons. The summed E-state index contributed by atoms with van der Waals surface area (Å²) in [4.78, 5) is 11.6. The third kappa shape index (κ3) is 6.67. The summed E-state index contributed by atoms with van der Waals surface area (Å²) < 4.78 is 0. The molecular weight excluding hydrogens is 399 g/mol. The van der Waals surface area contributed by atoms with Crippen molar-refractivity contribution in [2.75, 3.05) is 54.4 Å². The van der Waals surface area contributed by atoms with Crippen LogP contribution in [0.5, 0.6) is 0 Å². The van der Waals surface area contributed by atoms with E-state index in [0.717, 1.165) is 18.9 Å². The molecule has 0 amide bonds. The summed E-state index contributed by atoms with van der Waals surface area (Å²) in [6, 6.07) is 10.8. The Balaban J connectivity index is 0.00000264. The van der Waals surface area contributed by atoms with Gasteiger partial charge in [0, 0.05) is 47.8 Å². The highest BCUT2D eigenvalue weighted by Gasteiger charge is 2.22. The van der Waals surface area contributed by atoms with Crippen molar-refractivity contribution >= 4 is 29.9 Å². The molecule has 1 aliphatic rings. The van der Waals surface area contributed by atoms with Crippen molar-refractivity contribution in [3.8, 4) is 0 Å². The minimum absolute atomic E-state index is 0. The van der Waals surface area contributed by atoms with Crippen LogP contribution >= 0.6 is 24.0 Å². The Morgan fingerprint density at radius 3 is 2.39 bits per heavy atom. The first-order valence-corrected chi connectivity index (χ1v) is 8.21. The normalized spacial score (nSPS) is 17.5. The molecule has 5 heteroatoms. The molecule has 1 aromatic carbocycles. The van der Waals surface area contributed by atoms with Crippen molar-refractivity contribution in [3.63, 3.8) is 0 Å².